The number of hydrogen-bond acceptors (Lipinski definition) is 3. The van der Waals surface area contributed by atoms with E-state index in [1.807, 2.05) is 4.90 Å². The second-order valence-corrected chi connectivity index (χ2v) is 6.45. The second-order valence-electron chi connectivity index (χ2n) is 6.45. The number of carbonyl (C=O) groups excluding carboxylic acids is 1. The summed E-state index contributed by atoms with van der Waals surface area (Å²) in [4.78, 5) is 16.9. The topological polar surface area (TPSA) is 36.7 Å². The lowest BCUT2D eigenvalue weighted by Gasteiger charge is -2.41. The number of aryl methyl sites for hydroxylation is 1. The zero-order valence-electron chi connectivity index (χ0n) is 13.3. The summed E-state index contributed by atoms with van der Waals surface area (Å²) in [7, 11) is 0. The Hall–Kier alpha value is -2.07. The molecule has 1 amide bonds. The van der Waals surface area contributed by atoms with Crippen LogP contribution in [0.1, 0.15) is 40.4 Å². The highest BCUT2D eigenvalue weighted by molar-refractivity contribution is 5.93. The molecule has 1 aromatic carbocycles. The number of amides is 1. The minimum absolute atomic E-state index is 0.0856. The largest absolute Gasteiger partial charge is 0.472 e. The summed E-state index contributed by atoms with van der Waals surface area (Å²) in [6.07, 6.45) is 6.78. The van der Waals surface area contributed by atoms with E-state index in [9.17, 15) is 4.79 Å². The average molecular weight is 310 g/mol. The third kappa shape index (κ3) is 2.79. The van der Waals surface area contributed by atoms with Crippen molar-refractivity contribution in [3.63, 3.8) is 0 Å². The maximum atomic E-state index is 12.4. The molecule has 2 aliphatic rings. The van der Waals surface area contributed by atoms with Crippen LogP contribution in [0.2, 0.25) is 0 Å². The molecule has 120 valence electrons. The van der Waals surface area contributed by atoms with Gasteiger partial charge >= 0.3 is 0 Å². The first-order valence-corrected chi connectivity index (χ1v) is 8.46. The maximum absolute atomic E-state index is 12.4. The summed E-state index contributed by atoms with van der Waals surface area (Å²) in [5, 5.41) is 0. The Bertz CT molecular complexity index is 672. The normalized spacial score (nSPS) is 21.9. The molecule has 4 nitrogen and oxygen atoms in total. The van der Waals surface area contributed by atoms with Crippen molar-refractivity contribution in [1.82, 2.24) is 9.80 Å². The highest BCUT2D eigenvalue weighted by Crippen LogP contribution is 2.34. The number of rotatable bonds is 2. The van der Waals surface area contributed by atoms with Crippen molar-refractivity contribution in [2.75, 3.05) is 26.2 Å². The molecule has 23 heavy (non-hydrogen) atoms. The molecule has 1 aliphatic heterocycles. The Morgan fingerprint density at radius 3 is 2.70 bits per heavy atom. The zero-order chi connectivity index (χ0) is 15.6. The van der Waals surface area contributed by atoms with Crippen LogP contribution >= 0.6 is 0 Å². The number of piperazine rings is 1. The standard InChI is InChI=1S/C19H22N2O2/c22-19(16-8-13-23-14-16)21-11-9-20(10-12-21)18-7-3-5-15-4-1-2-6-17(15)18/h1-2,4,6,8,13-14,18H,3,5,7,9-12H2/t18-/m0/s1. The van der Waals surface area contributed by atoms with Gasteiger partial charge in [-0.15, -0.1) is 0 Å². The van der Waals surface area contributed by atoms with E-state index >= 15 is 0 Å². The molecule has 1 saturated heterocycles. The van der Waals surface area contributed by atoms with E-state index in [2.05, 4.69) is 29.2 Å². The molecule has 0 bridgehead atoms. The van der Waals surface area contributed by atoms with Crippen molar-refractivity contribution >= 4 is 5.91 Å². The van der Waals surface area contributed by atoms with Crippen LogP contribution in [0.25, 0.3) is 0 Å². The summed E-state index contributed by atoms with van der Waals surface area (Å²) < 4.78 is 5.02. The summed E-state index contributed by atoms with van der Waals surface area (Å²) in [5.74, 6) is 0.0856. The molecule has 0 N–H and O–H groups in total. The average Bonchev–Trinajstić information content (AvgIpc) is 3.15. The Morgan fingerprint density at radius 2 is 1.91 bits per heavy atom. The fourth-order valence-electron chi connectivity index (χ4n) is 3.91. The molecule has 0 radical (unpaired) electrons. The minimum atomic E-state index is 0.0856. The summed E-state index contributed by atoms with van der Waals surface area (Å²) >= 11 is 0. The molecule has 4 heteroatoms. The third-order valence-corrected chi connectivity index (χ3v) is 5.15. The molecule has 0 saturated carbocycles. The highest BCUT2D eigenvalue weighted by atomic mass is 16.3. The van der Waals surface area contributed by atoms with E-state index in [0.717, 1.165) is 26.2 Å². The molecule has 0 spiro atoms. The van der Waals surface area contributed by atoms with E-state index in [1.54, 1.807) is 12.3 Å². The molecule has 1 fully saturated rings. The minimum Gasteiger partial charge on any atom is -0.472 e. The van der Waals surface area contributed by atoms with E-state index in [-0.39, 0.29) is 5.91 Å². The van der Waals surface area contributed by atoms with Crippen LogP contribution in [0.15, 0.2) is 47.3 Å². The van der Waals surface area contributed by atoms with Crippen LogP contribution in [-0.2, 0) is 6.42 Å². The number of furan rings is 1. The molecule has 0 unspecified atom stereocenters. The van der Waals surface area contributed by atoms with Gasteiger partial charge in [0.1, 0.15) is 6.26 Å². The Labute approximate surface area is 136 Å². The summed E-state index contributed by atoms with van der Waals surface area (Å²) in [5.41, 5.74) is 3.65. The number of hydrogen-bond donors (Lipinski definition) is 0. The van der Waals surface area contributed by atoms with E-state index < -0.39 is 0 Å². The van der Waals surface area contributed by atoms with E-state index in [4.69, 9.17) is 4.42 Å². The van der Waals surface area contributed by atoms with Gasteiger partial charge in [0.2, 0.25) is 0 Å². The van der Waals surface area contributed by atoms with Gasteiger partial charge in [0.15, 0.2) is 0 Å². The SMILES string of the molecule is O=C(c1ccoc1)N1CCN([C@H]2CCCc3ccccc32)CC1. The molecule has 1 aliphatic carbocycles. The fraction of sp³-hybridized carbons (Fsp3) is 0.421. The number of nitrogens with zero attached hydrogens (tertiary/aromatic N) is 2. The van der Waals surface area contributed by atoms with Gasteiger partial charge in [-0.05, 0) is 36.5 Å². The van der Waals surface area contributed by atoms with Crippen molar-refractivity contribution in [2.24, 2.45) is 0 Å². The van der Waals surface area contributed by atoms with Crippen molar-refractivity contribution in [3.05, 3.63) is 59.5 Å². The maximum Gasteiger partial charge on any atom is 0.257 e. The van der Waals surface area contributed by atoms with Gasteiger partial charge in [0, 0.05) is 32.2 Å². The van der Waals surface area contributed by atoms with Crippen molar-refractivity contribution < 1.29 is 9.21 Å². The second kappa shape index (κ2) is 6.20. The molecule has 1 aromatic heterocycles. The third-order valence-electron chi connectivity index (χ3n) is 5.15. The van der Waals surface area contributed by atoms with Crippen LogP contribution < -0.4 is 0 Å². The van der Waals surface area contributed by atoms with Crippen molar-refractivity contribution in [3.8, 4) is 0 Å². The van der Waals surface area contributed by atoms with Gasteiger partial charge in [-0.1, -0.05) is 24.3 Å². The van der Waals surface area contributed by atoms with Crippen LogP contribution in [0.5, 0.6) is 0 Å². The van der Waals surface area contributed by atoms with Crippen LogP contribution in [0.4, 0.5) is 0 Å². The molecular weight excluding hydrogens is 288 g/mol. The van der Waals surface area contributed by atoms with Gasteiger partial charge in [-0.25, -0.2) is 0 Å². The first-order chi connectivity index (χ1) is 11.3. The van der Waals surface area contributed by atoms with Gasteiger partial charge < -0.3 is 9.32 Å². The molecule has 2 aromatic rings. The Kier molecular flexibility index (Phi) is 3.92. The van der Waals surface area contributed by atoms with Gasteiger partial charge in [-0.2, -0.15) is 0 Å². The quantitative estimate of drug-likeness (QED) is 0.855. The van der Waals surface area contributed by atoms with Crippen molar-refractivity contribution in [2.45, 2.75) is 25.3 Å². The molecule has 4 rings (SSSR count). The first kappa shape index (κ1) is 14.5. The summed E-state index contributed by atoms with van der Waals surface area (Å²) in [6, 6.07) is 11.1. The predicted molar refractivity (Wildman–Crippen MR) is 88.3 cm³/mol. The Balaban J connectivity index is 1.43. The van der Waals surface area contributed by atoms with E-state index in [1.165, 1.54) is 36.7 Å². The van der Waals surface area contributed by atoms with Gasteiger partial charge in [-0.3, -0.25) is 9.69 Å². The predicted octanol–water partition coefficient (Wildman–Crippen LogP) is 3.12. The van der Waals surface area contributed by atoms with Crippen LogP contribution in [-0.4, -0.2) is 41.9 Å². The lowest BCUT2D eigenvalue weighted by atomic mass is 9.86. The summed E-state index contributed by atoms with van der Waals surface area (Å²) in [6.45, 7) is 3.48. The first-order valence-electron chi connectivity index (χ1n) is 8.46. The van der Waals surface area contributed by atoms with E-state index in [0.29, 0.717) is 11.6 Å². The Morgan fingerprint density at radius 1 is 1.09 bits per heavy atom. The number of fused-ring (bicyclic) bond motifs is 1. The highest BCUT2D eigenvalue weighted by Gasteiger charge is 2.30. The molecule has 1 atom stereocenters. The van der Waals surface area contributed by atoms with Crippen LogP contribution in [0, 0.1) is 0 Å². The lowest BCUT2D eigenvalue weighted by Crippen LogP contribution is -2.50. The number of carbonyl (C=O) groups is 1. The van der Waals surface area contributed by atoms with Gasteiger partial charge in [0.25, 0.3) is 5.91 Å². The zero-order valence-corrected chi connectivity index (χ0v) is 13.3. The lowest BCUT2D eigenvalue weighted by molar-refractivity contribution is 0.0547. The smallest absolute Gasteiger partial charge is 0.257 e. The molecule has 2 heterocycles. The fourth-order valence-corrected chi connectivity index (χ4v) is 3.91. The van der Waals surface area contributed by atoms with Gasteiger partial charge in [0.05, 0.1) is 11.8 Å². The van der Waals surface area contributed by atoms with Crippen LogP contribution in [0.3, 0.4) is 0 Å². The number of benzene rings is 1. The molecular formula is C19H22N2O2. The van der Waals surface area contributed by atoms with Crippen molar-refractivity contribution in [1.29, 1.82) is 0 Å². The monoisotopic (exact) mass is 310 g/mol.